The first-order chi connectivity index (χ1) is 15.7. The monoisotopic (exact) mass is 416 g/mol. The number of aryl methyl sites for hydroxylation is 2. The van der Waals surface area contributed by atoms with Crippen LogP contribution in [0, 0.1) is 13.8 Å². The first-order valence-electron chi connectivity index (χ1n) is 12.0. The third-order valence-corrected chi connectivity index (χ3v) is 7.46. The molecule has 0 atom stereocenters. The van der Waals surface area contributed by atoms with Crippen LogP contribution in [0.5, 0.6) is 0 Å². The fraction of sp³-hybridized carbons (Fsp3) is 0.250. The van der Waals surface area contributed by atoms with E-state index in [0.29, 0.717) is 0 Å². The molecule has 5 rings (SSSR count). The molecule has 0 bridgehead atoms. The Morgan fingerprint density at radius 1 is 0.500 bits per heavy atom. The van der Waals surface area contributed by atoms with Gasteiger partial charge < -0.3 is 0 Å². The van der Waals surface area contributed by atoms with Gasteiger partial charge in [-0.15, -0.1) is 0 Å². The molecule has 0 nitrogen and oxygen atoms in total. The van der Waals surface area contributed by atoms with Gasteiger partial charge in [0, 0.05) is 5.41 Å². The lowest BCUT2D eigenvalue weighted by Crippen LogP contribution is -2.30. The smallest absolute Gasteiger partial charge is 0.0203 e. The fourth-order valence-corrected chi connectivity index (χ4v) is 5.60. The van der Waals surface area contributed by atoms with E-state index in [-0.39, 0.29) is 5.41 Å². The van der Waals surface area contributed by atoms with Crippen molar-refractivity contribution in [3.05, 3.63) is 119 Å². The minimum absolute atomic E-state index is 0.0900. The van der Waals surface area contributed by atoms with Crippen molar-refractivity contribution in [1.29, 1.82) is 0 Å². The third kappa shape index (κ3) is 3.79. The average Bonchev–Trinajstić information content (AvgIpc) is 2.86. The molecule has 0 heterocycles. The Hall–Kier alpha value is -3.12. The van der Waals surface area contributed by atoms with Crippen molar-refractivity contribution < 1.29 is 0 Å². The molecule has 0 heteroatoms. The van der Waals surface area contributed by atoms with Crippen LogP contribution in [-0.4, -0.2) is 0 Å². The lowest BCUT2D eigenvalue weighted by Gasteiger charge is -2.39. The van der Waals surface area contributed by atoms with Gasteiger partial charge in [0.2, 0.25) is 0 Å². The Morgan fingerprint density at radius 2 is 0.938 bits per heavy atom. The van der Waals surface area contributed by atoms with Gasteiger partial charge in [0.1, 0.15) is 0 Å². The van der Waals surface area contributed by atoms with Crippen molar-refractivity contribution in [2.75, 3.05) is 0 Å². The number of benzene rings is 4. The van der Waals surface area contributed by atoms with Crippen molar-refractivity contribution in [1.82, 2.24) is 0 Å². The SMILES string of the molecule is Cc1ccc(C2(c3ccc(C)c(-c4ccccc4)c3)CCCCC2)cc1-c1ccccc1. The molecule has 0 saturated heterocycles. The molecular weight excluding hydrogens is 384 g/mol. The van der Waals surface area contributed by atoms with Crippen LogP contribution in [0.3, 0.4) is 0 Å². The van der Waals surface area contributed by atoms with Crippen LogP contribution >= 0.6 is 0 Å². The highest BCUT2D eigenvalue weighted by Gasteiger charge is 2.36. The Labute approximate surface area is 193 Å². The van der Waals surface area contributed by atoms with Crippen molar-refractivity contribution in [3.63, 3.8) is 0 Å². The van der Waals surface area contributed by atoms with Crippen LogP contribution in [0.25, 0.3) is 22.3 Å². The Morgan fingerprint density at radius 3 is 1.38 bits per heavy atom. The number of rotatable bonds is 4. The van der Waals surface area contributed by atoms with E-state index in [2.05, 4.69) is 111 Å². The quantitative estimate of drug-likeness (QED) is 0.311. The van der Waals surface area contributed by atoms with E-state index >= 15 is 0 Å². The molecule has 0 aliphatic heterocycles. The second-order valence-corrected chi connectivity index (χ2v) is 9.43. The lowest BCUT2D eigenvalue weighted by molar-refractivity contribution is 0.346. The van der Waals surface area contributed by atoms with E-state index in [1.54, 1.807) is 0 Å². The van der Waals surface area contributed by atoms with Gasteiger partial charge >= 0.3 is 0 Å². The molecule has 0 unspecified atom stereocenters. The standard InChI is InChI=1S/C32H32/c1-24-16-18-28(22-30(24)26-12-6-3-7-13-26)32(20-10-5-11-21-32)29-19-17-25(2)31(23-29)27-14-8-4-9-15-27/h3-4,6-9,12-19,22-23H,5,10-11,20-21H2,1-2H3. The van der Waals surface area contributed by atoms with Crippen LogP contribution in [0.4, 0.5) is 0 Å². The summed E-state index contributed by atoms with van der Waals surface area (Å²) < 4.78 is 0. The first-order valence-corrected chi connectivity index (χ1v) is 12.0. The molecule has 0 aromatic heterocycles. The molecule has 4 aromatic rings. The van der Waals surface area contributed by atoms with Crippen LogP contribution in [0.15, 0.2) is 97.1 Å². The van der Waals surface area contributed by atoms with Gasteiger partial charge in [-0.3, -0.25) is 0 Å². The molecule has 0 N–H and O–H groups in total. The summed E-state index contributed by atoms with van der Waals surface area (Å²) in [6.45, 7) is 4.47. The zero-order valence-electron chi connectivity index (χ0n) is 19.3. The minimum atomic E-state index is 0.0900. The second kappa shape index (κ2) is 8.79. The summed E-state index contributed by atoms with van der Waals surface area (Å²) in [6.07, 6.45) is 6.38. The molecule has 1 saturated carbocycles. The molecule has 0 amide bonds. The van der Waals surface area contributed by atoms with Gasteiger partial charge in [-0.05, 0) is 83.3 Å². The summed E-state index contributed by atoms with van der Waals surface area (Å²) in [5.41, 5.74) is 11.1. The van der Waals surface area contributed by atoms with E-state index in [9.17, 15) is 0 Å². The maximum absolute atomic E-state index is 2.48. The molecule has 0 radical (unpaired) electrons. The van der Waals surface area contributed by atoms with Crippen molar-refractivity contribution >= 4 is 0 Å². The van der Waals surface area contributed by atoms with E-state index in [4.69, 9.17) is 0 Å². The van der Waals surface area contributed by atoms with Crippen LogP contribution < -0.4 is 0 Å². The van der Waals surface area contributed by atoms with E-state index in [1.807, 2.05) is 0 Å². The summed E-state index contributed by atoms with van der Waals surface area (Å²) in [5.74, 6) is 0. The van der Waals surface area contributed by atoms with Crippen LogP contribution in [0.1, 0.15) is 54.4 Å². The van der Waals surface area contributed by atoms with Crippen molar-refractivity contribution in [3.8, 4) is 22.3 Å². The first kappa shape index (κ1) is 20.8. The minimum Gasteiger partial charge on any atom is -0.0622 e. The normalized spacial score (nSPS) is 15.4. The highest BCUT2D eigenvalue weighted by molar-refractivity contribution is 5.71. The van der Waals surface area contributed by atoms with Gasteiger partial charge in [0.05, 0.1) is 0 Å². The molecule has 4 aromatic carbocycles. The molecule has 160 valence electrons. The van der Waals surface area contributed by atoms with E-state index < -0.39 is 0 Å². The maximum atomic E-state index is 2.48. The lowest BCUT2D eigenvalue weighted by atomic mass is 9.64. The molecule has 32 heavy (non-hydrogen) atoms. The molecule has 1 aliphatic carbocycles. The summed E-state index contributed by atoms with van der Waals surface area (Å²) >= 11 is 0. The highest BCUT2D eigenvalue weighted by Crippen LogP contribution is 2.47. The number of hydrogen-bond acceptors (Lipinski definition) is 0. The van der Waals surface area contributed by atoms with Gasteiger partial charge in [-0.25, -0.2) is 0 Å². The third-order valence-electron chi connectivity index (χ3n) is 7.46. The summed E-state index contributed by atoms with van der Waals surface area (Å²) in [5, 5.41) is 0. The molecule has 0 spiro atoms. The summed E-state index contributed by atoms with van der Waals surface area (Å²) in [7, 11) is 0. The second-order valence-electron chi connectivity index (χ2n) is 9.43. The number of hydrogen-bond donors (Lipinski definition) is 0. The predicted octanol–water partition coefficient (Wildman–Crippen LogP) is 8.89. The van der Waals surface area contributed by atoms with Gasteiger partial charge in [0.25, 0.3) is 0 Å². The predicted molar refractivity (Wildman–Crippen MR) is 137 cm³/mol. The maximum Gasteiger partial charge on any atom is 0.0203 e. The summed E-state index contributed by atoms with van der Waals surface area (Å²) in [6, 6.07) is 36.1. The Bertz CT molecular complexity index is 1100. The topological polar surface area (TPSA) is 0 Å². The van der Waals surface area contributed by atoms with E-state index in [1.165, 1.54) is 76.6 Å². The molecule has 1 aliphatic rings. The van der Waals surface area contributed by atoms with Gasteiger partial charge in [0.15, 0.2) is 0 Å². The Balaban J connectivity index is 1.67. The van der Waals surface area contributed by atoms with Gasteiger partial charge in [-0.2, -0.15) is 0 Å². The fourth-order valence-electron chi connectivity index (χ4n) is 5.60. The van der Waals surface area contributed by atoms with Crippen LogP contribution in [-0.2, 0) is 5.41 Å². The zero-order chi connectivity index (χ0) is 22.0. The highest BCUT2D eigenvalue weighted by atomic mass is 14.4. The van der Waals surface area contributed by atoms with Gasteiger partial charge in [-0.1, -0.05) is 104 Å². The largest absolute Gasteiger partial charge is 0.0622 e. The van der Waals surface area contributed by atoms with Crippen LogP contribution in [0.2, 0.25) is 0 Å². The molecule has 1 fully saturated rings. The van der Waals surface area contributed by atoms with E-state index in [0.717, 1.165) is 0 Å². The zero-order valence-corrected chi connectivity index (χ0v) is 19.3. The average molecular weight is 417 g/mol. The van der Waals surface area contributed by atoms with Crippen molar-refractivity contribution in [2.24, 2.45) is 0 Å². The van der Waals surface area contributed by atoms with Crippen molar-refractivity contribution in [2.45, 2.75) is 51.4 Å². The summed E-state index contributed by atoms with van der Waals surface area (Å²) in [4.78, 5) is 0. The Kier molecular flexibility index (Phi) is 5.70. The molecular formula is C32H32.